The third-order valence-electron chi connectivity index (χ3n) is 4.34. The molecule has 0 aliphatic carbocycles. The Labute approximate surface area is 151 Å². The highest BCUT2D eigenvalue weighted by atomic mass is 32.1. The lowest BCUT2D eigenvalue weighted by Crippen LogP contribution is -2.38. The first kappa shape index (κ1) is 16.4. The molecule has 6 nitrogen and oxygen atoms in total. The van der Waals surface area contributed by atoms with Crippen LogP contribution in [0, 0.1) is 6.92 Å². The predicted octanol–water partition coefficient (Wildman–Crippen LogP) is 2.82. The minimum Gasteiger partial charge on any atom is -0.373 e. The van der Waals surface area contributed by atoms with E-state index in [-0.39, 0.29) is 6.04 Å². The number of aromatic nitrogens is 4. The van der Waals surface area contributed by atoms with Gasteiger partial charge in [0.1, 0.15) is 5.01 Å². The van der Waals surface area contributed by atoms with Gasteiger partial charge in [-0.05, 0) is 19.1 Å². The molecule has 0 N–H and O–H groups in total. The van der Waals surface area contributed by atoms with Crippen LogP contribution >= 0.6 is 11.3 Å². The van der Waals surface area contributed by atoms with E-state index in [1.54, 1.807) is 11.3 Å². The Kier molecular flexibility index (Phi) is 4.87. The van der Waals surface area contributed by atoms with Gasteiger partial charge in [-0.25, -0.2) is 9.97 Å². The Morgan fingerprint density at radius 1 is 1.36 bits per heavy atom. The van der Waals surface area contributed by atoms with Gasteiger partial charge in [-0.1, -0.05) is 6.07 Å². The van der Waals surface area contributed by atoms with Crippen molar-refractivity contribution in [2.24, 2.45) is 0 Å². The fourth-order valence-corrected chi connectivity index (χ4v) is 3.88. The molecule has 4 heterocycles. The summed E-state index contributed by atoms with van der Waals surface area (Å²) in [6.45, 7) is 5.89. The summed E-state index contributed by atoms with van der Waals surface area (Å²) < 4.78 is 8.21. The fourth-order valence-electron chi connectivity index (χ4n) is 3.22. The number of aryl methyl sites for hydroxylation is 1. The van der Waals surface area contributed by atoms with Crippen molar-refractivity contribution in [3.8, 4) is 0 Å². The topological polar surface area (TPSA) is 56.1 Å². The van der Waals surface area contributed by atoms with Gasteiger partial charge in [0.2, 0.25) is 0 Å². The monoisotopic (exact) mass is 355 g/mol. The van der Waals surface area contributed by atoms with E-state index < -0.39 is 0 Å². The number of thiazole rings is 1. The summed E-state index contributed by atoms with van der Waals surface area (Å²) in [5.74, 6) is 0. The Hall–Kier alpha value is -2.09. The number of fused-ring (bicyclic) bond motifs is 1. The molecular weight excluding hydrogens is 334 g/mol. The first-order valence-electron chi connectivity index (χ1n) is 8.39. The summed E-state index contributed by atoms with van der Waals surface area (Å²) in [5, 5.41) is 3.18. The first-order chi connectivity index (χ1) is 12.3. The summed E-state index contributed by atoms with van der Waals surface area (Å²) in [5.41, 5.74) is 3.22. The molecular formula is C18H21N5OS. The van der Waals surface area contributed by atoms with Crippen molar-refractivity contribution in [3.05, 3.63) is 64.4 Å². The molecule has 3 aromatic heterocycles. The quantitative estimate of drug-likeness (QED) is 0.680. The molecule has 0 spiro atoms. The molecule has 0 saturated heterocycles. The van der Waals surface area contributed by atoms with Crippen LogP contribution in [0.1, 0.15) is 28.1 Å². The summed E-state index contributed by atoms with van der Waals surface area (Å²) in [7, 11) is 0. The highest BCUT2D eigenvalue weighted by Gasteiger charge is 2.25. The molecule has 0 saturated carbocycles. The van der Waals surface area contributed by atoms with Crippen molar-refractivity contribution in [2.75, 3.05) is 13.2 Å². The maximum Gasteiger partial charge on any atom is 0.107 e. The van der Waals surface area contributed by atoms with Gasteiger partial charge in [-0.15, -0.1) is 11.3 Å². The minimum atomic E-state index is 0.260. The number of rotatable bonds is 6. The zero-order valence-corrected chi connectivity index (χ0v) is 15.0. The van der Waals surface area contributed by atoms with E-state index in [0.29, 0.717) is 13.2 Å². The third-order valence-corrected chi connectivity index (χ3v) is 5.11. The van der Waals surface area contributed by atoms with Crippen LogP contribution in [0.5, 0.6) is 0 Å². The third kappa shape index (κ3) is 3.95. The van der Waals surface area contributed by atoms with E-state index in [1.807, 2.05) is 49.2 Å². The zero-order valence-electron chi connectivity index (χ0n) is 14.2. The Balaban J connectivity index is 1.39. The van der Waals surface area contributed by atoms with Crippen molar-refractivity contribution in [3.63, 3.8) is 0 Å². The van der Waals surface area contributed by atoms with Crippen molar-refractivity contribution in [1.82, 2.24) is 24.4 Å². The van der Waals surface area contributed by atoms with E-state index in [1.165, 1.54) is 5.69 Å². The molecule has 1 unspecified atom stereocenters. The zero-order chi connectivity index (χ0) is 17.1. The van der Waals surface area contributed by atoms with Gasteiger partial charge < -0.3 is 9.30 Å². The lowest BCUT2D eigenvalue weighted by atomic mass is 10.2. The second-order valence-corrected chi connectivity index (χ2v) is 7.31. The molecule has 0 fully saturated rings. The van der Waals surface area contributed by atoms with Crippen molar-refractivity contribution < 1.29 is 4.74 Å². The number of imidazole rings is 1. The molecule has 1 aliphatic rings. The molecule has 3 aromatic rings. The first-order valence-corrected chi connectivity index (χ1v) is 9.27. The van der Waals surface area contributed by atoms with Gasteiger partial charge in [0.15, 0.2) is 0 Å². The minimum absolute atomic E-state index is 0.260. The molecule has 1 atom stereocenters. The van der Waals surface area contributed by atoms with Gasteiger partial charge in [-0.3, -0.25) is 9.88 Å². The maximum absolute atomic E-state index is 5.97. The second-order valence-electron chi connectivity index (χ2n) is 6.33. The number of hydrogen-bond donors (Lipinski definition) is 0. The fraction of sp³-hybridized carbons (Fsp3) is 0.389. The summed E-state index contributed by atoms with van der Waals surface area (Å²) in [6, 6.07) is 6.28. The van der Waals surface area contributed by atoms with Gasteiger partial charge in [-0.2, -0.15) is 0 Å². The number of ether oxygens (including phenoxy) is 1. The molecule has 25 heavy (non-hydrogen) atoms. The van der Waals surface area contributed by atoms with Crippen LogP contribution in [0.3, 0.4) is 0 Å². The van der Waals surface area contributed by atoms with E-state index in [4.69, 9.17) is 4.74 Å². The van der Waals surface area contributed by atoms with Gasteiger partial charge in [0, 0.05) is 36.6 Å². The second kappa shape index (κ2) is 7.43. The lowest BCUT2D eigenvalue weighted by Gasteiger charge is -2.33. The largest absolute Gasteiger partial charge is 0.373 e. The van der Waals surface area contributed by atoms with E-state index in [0.717, 1.165) is 36.0 Å². The van der Waals surface area contributed by atoms with Crippen LogP contribution in [0.15, 0.2) is 42.3 Å². The SMILES string of the molecule is Cc1cccc(COCC2CN(Cc3nccs3)Cc3cncn32)n1. The van der Waals surface area contributed by atoms with Crippen LogP contribution in [0.4, 0.5) is 0 Å². The van der Waals surface area contributed by atoms with Crippen LogP contribution in [-0.4, -0.2) is 37.6 Å². The van der Waals surface area contributed by atoms with Crippen LogP contribution < -0.4 is 0 Å². The molecule has 4 rings (SSSR count). The number of pyridine rings is 1. The van der Waals surface area contributed by atoms with Gasteiger partial charge >= 0.3 is 0 Å². The molecule has 0 radical (unpaired) electrons. The van der Waals surface area contributed by atoms with Gasteiger partial charge in [0.05, 0.1) is 43.5 Å². The molecule has 130 valence electrons. The van der Waals surface area contributed by atoms with Crippen LogP contribution in [0.25, 0.3) is 0 Å². The normalized spacial score (nSPS) is 17.6. The average Bonchev–Trinajstić information content (AvgIpc) is 3.26. The molecule has 0 bridgehead atoms. The Bertz CT molecular complexity index is 817. The van der Waals surface area contributed by atoms with Crippen molar-refractivity contribution in [2.45, 2.75) is 32.7 Å². The molecule has 0 amide bonds. The summed E-state index contributed by atoms with van der Waals surface area (Å²) in [6.07, 6.45) is 5.72. The smallest absolute Gasteiger partial charge is 0.107 e. The Morgan fingerprint density at radius 3 is 3.16 bits per heavy atom. The summed E-state index contributed by atoms with van der Waals surface area (Å²) >= 11 is 1.70. The van der Waals surface area contributed by atoms with E-state index in [2.05, 4.69) is 24.4 Å². The number of hydrogen-bond acceptors (Lipinski definition) is 6. The van der Waals surface area contributed by atoms with Gasteiger partial charge in [0.25, 0.3) is 0 Å². The molecule has 0 aromatic carbocycles. The van der Waals surface area contributed by atoms with E-state index in [9.17, 15) is 0 Å². The van der Waals surface area contributed by atoms with Crippen molar-refractivity contribution in [1.29, 1.82) is 0 Å². The highest BCUT2D eigenvalue weighted by molar-refractivity contribution is 7.09. The maximum atomic E-state index is 5.97. The summed E-state index contributed by atoms with van der Waals surface area (Å²) in [4.78, 5) is 15.6. The van der Waals surface area contributed by atoms with Crippen LogP contribution in [0.2, 0.25) is 0 Å². The van der Waals surface area contributed by atoms with Crippen molar-refractivity contribution >= 4 is 11.3 Å². The highest BCUT2D eigenvalue weighted by Crippen LogP contribution is 2.23. The van der Waals surface area contributed by atoms with E-state index >= 15 is 0 Å². The Morgan fingerprint density at radius 2 is 2.32 bits per heavy atom. The molecule has 1 aliphatic heterocycles. The molecule has 7 heteroatoms. The lowest BCUT2D eigenvalue weighted by molar-refractivity contribution is 0.0572. The standard InChI is InChI=1S/C18H21N5OS/c1-14-3-2-4-15(21-14)11-24-12-17-9-22(10-18-20-5-6-25-18)8-16-7-19-13-23(16)17/h2-7,13,17H,8-12H2,1H3. The predicted molar refractivity (Wildman–Crippen MR) is 96.1 cm³/mol. The average molecular weight is 355 g/mol. The number of nitrogens with zero attached hydrogens (tertiary/aromatic N) is 5. The van der Waals surface area contributed by atoms with Crippen LogP contribution in [-0.2, 0) is 24.4 Å².